The summed E-state index contributed by atoms with van der Waals surface area (Å²) in [7, 11) is 0. The van der Waals surface area contributed by atoms with Crippen molar-refractivity contribution in [1.29, 1.82) is 0 Å². The number of aromatic nitrogens is 4. The second-order valence-corrected chi connectivity index (χ2v) is 4.26. The van der Waals surface area contributed by atoms with Gasteiger partial charge in [-0.1, -0.05) is 18.0 Å². The number of nitrogens with zero attached hydrogens (tertiary/aromatic N) is 3. The minimum atomic E-state index is -0.401. The first-order chi connectivity index (χ1) is 7.78. The quantitative estimate of drug-likeness (QED) is 0.850. The average molecular weight is 256 g/mol. The lowest BCUT2D eigenvalue weighted by Gasteiger charge is -2.17. The molecular weight excluding hydrogens is 242 g/mol. The highest BCUT2D eigenvalue weighted by molar-refractivity contribution is 5.85. The van der Waals surface area contributed by atoms with Gasteiger partial charge in [0.05, 0.1) is 5.54 Å². The number of H-pyrrole nitrogens is 1. The maximum absolute atomic E-state index is 6.24. The summed E-state index contributed by atoms with van der Waals surface area (Å²) in [5.74, 6) is 1.05. The number of hydrogen-bond donors (Lipinski definition) is 2. The van der Waals surface area contributed by atoms with Crippen molar-refractivity contribution in [1.82, 2.24) is 20.3 Å². The maximum Gasteiger partial charge on any atom is 0.275 e. The third-order valence-corrected chi connectivity index (χ3v) is 3.10. The fraction of sp³-hybridized carbons (Fsp3) is 0.500. The Hall–Kier alpha value is -1.40. The number of nitrogens with two attached hydrogens (primary N) is 1. The molecule has 0 spiro atoms. The second-order valence-electron chi connectivity index (χ2n) is 4.26. The molecule has 0 aliphatic heterocycles. The zero-order valence-electron chi connectivity index (χ0n) is 9.22. The Labute approximate surface area is 104 Å². The Bertz CT molecular complexity index is 475. The summed E-state index contributed by atoms with van der Waals surface area (Å²) in [6.45, 7) is 0. The first-order valence-corrected chi connectivity index (χ1v) is 5.41. The van der Waals surface area contributed by atoms with Crippen molar-refractivity contribution in [2.75, 3.05) is 0 Å². The number of nitrogens with one attached hydrogen (secondary N) is 1. The van der Waals surface area contributed by atoms with Crippen LogP contribution in [0.15, 0.2) is 16.8 Å². The molecule has 1 aliphatic carbocycles. The van der Waals surface area contributed by atoms with E-state index in [4.69, 9.17) is 10.3 Å². The van der Waals surface area contributed by atoms with Gasteiger partial charge in [-0.05, 0) is 18.9 Å². The van der Waals surface area contributed by atoms with Crippen LogP contribution in [0.5, 0.6) is 0 Å². The van der Waals surface area contributed by atoms with Gasteiger partial charge >= 0.3 is 0 Å². The first kappa shape index (κ1) is 12.1. The topological polar surface area (TPSA) is 93.6 Å². The molecule has 92 valence electrons. The van der Waals surface area contributed by atoms with Crippen molar-refractivity contribution >= 4 is 12.4 Å². The molecule has 0 saturated heterocycles. The van der Waals surface area contributed by atoms with Gasteiger partial charge in [-0.15, -0.1) is 12.4 Å². The van der Waals surface area contributed by atoms with Gasteiger partial charge in [-0.25, -0.2) is 0 Å². The molecule has 0 amide bonds. The Morgan fingerprint density at radius 3 is 2.76 bits per heavy atom. The highest BCUT2D eigenvalue weighted by atomic mass is 35.5. The van der Waals surface area contributed by atoms with E-state index in [9.17, 15) is 0 Å². The molecule has 0 atom stereocenters. The van der Waals surface area contributed by atoms with E-state index in [0.29, 0.717) is 11.7 Å². The van der Waals surface area contributed by atoms with Crippen LogP contribution in [0.3, 0.4) is 0 Å². The largest absolute Gasteiger partial charge is 0.332 e. The summed E-state index contributed by atoms with van der Waals surface area (Å²) in [6, 6.07) is 1.79. The fourth-order valence-electron chi connectivity index (χ4n) is 2.14. The van der Waals surface area contributed by atoms with Gasteiger partial charge in [0.25, 0.3) is 5.89 Å². The van der Waals surface area contributed by atoms with Gasteiger partial charge < -0.3 is 10.3 Å². The van der Waals surface area contributed by atoms with E-state index in [1.54, 1.807) is 12.3 Å². The molecule has 7 heteroatoms. The molecule has 1 fully saturated rings. The van der Waals surface area contributed by atoms with E-state index in [1.807, 2.05) is 0 Å². The van der Waals surface area contributed by atoms with Gasteiger partial charge in [0, 0.05) is 6.20 Å². The summed E-state index contributed by atoms with van der Waals surface area (Å²) in [5.41, 5.74) is 6.56. The summed E-state index contributed by atoms with van der Waals surface area (Å²) in [6.07, 6.45) is 5.76. The summed E-state index contributed by atoms with van der Waals surface area (Å²) in [4.78, 5) is 4.33. The van der Waals surface area contributed by atoms with Crippen LogP contribution in [-0.4, -0.2) is 20.3 Å². The van der Waals surface area contributed by atoms with Crippen LogP contribution in [0.25, 0.3) is 11.6 Å². The third kappa shape index (κ3) is 2.05. The monoisotopic (exact) mass is 255 g/mol. The SMILES string of the molecule is Cl.NC1(c2noc(-c3ccn[nH]3)n2)CCCC1. The molecule has 2 aromatic rings. The molecule has 17 heavy (non-hydrogen) atoms. The standard InChI is InChI=1S/C10H13N5O.ClH/c11-10(4-1-2-5-10)9-13-8(16-15-9)7-3-6-12-14-7;/h3,6H,1-2,4-5,11H2,(H,12,14);1H. The molecule has 0 aromatic carbocycles. The van der Waals surface area contributed by atoms with Crippen LogP contribution in [0, 0.1) is 0 Å². The van der Waals surface area contributed by atoms with E-state index < -0.39 is 5.54 Å². The lowest BCUT2D eigenvalue weighted by molar-refractivity contribution is 0.372. The van der Waals surface area contributed by atoms with Crippen molar-refractivity contribution in [3.05, 3.63) is 18.1 Å². The Morgan fingerprint density at radius 1 is 1.35 bits per heavy atom. The van der Waals surface area contributed by atoms with Crippen molar-refractivity contribution < 1.29 is 4.52 Å². The van der Waals surface area contributed by atoms with Crippen LogP contribution in [-0.2, 0) is 5.54 Å². The molecular formula is C10H14ClN5O. The molecule has 1 aliphatic rings. The zero-order chi connectivity index (χ0) is 11.0. The summed E-state index contributed by atoms with van der Waals surface area (Å²) >= 11 is 0. The molecule has 0 bridgehead atoms. The van der Waals surface area contributed by atoms with Crippen molar-refractivity contribution in [2.45, 2.75) is 31.2 Å². The van der Waals surface area contributed by atoms with Gasteiger partial charge in [0.2, 0.25) is 0 Å². The van der Waals surface area contributed by atoms with E-state index in [1.165, 1.54) is 0 Å². The minimum absolute atomic E-state index is 0. The van der Waals surface area contributed by atoms with Gasteiger partial charge in [0.15, 0.2) is 5.82 Å². The van der Waals surface area contributed by atoms with E-state index in [-0.39, 0.29) is 12.4 Å². The number of halogens is 1. The molecule has 6 nitrogen and oxygen atoms in total. The molecule has 0 unspecified atom stereocenters. The smallest absolute Gasteiger partial charge is 0.275 e. The average Bonchev–Trinajstić information content (AvgIpc) is 2.98. The summed E-state index contributed by atoms with van der Waals surface area (Å²) < 4.78 is 5.17. The molecule has 2 heterocycles. The Morgan fingerprint density at radius 2 is 2.12 bits per heavy atom. The van der Waals surface area contributed by atoms with Gasteiger partial charge in [-0.2, -0.15) is 10.1 Å². The molecule has 0 radical (unpaired) electrons. The van der Waals surface area contributed by atoms with E-state index in [0.717, 1.165) is 31.4 Å². The molecule has 3 N–H and O–H groups in total. The highest BCUT2D eigenvalue weighted by Gasteiger charge is 2.36. The third-order valence-electron chi connectivity index (χ3n) is 3.10. The number of rotatable bonds is 2. The highest BCUT2D eigenvalue weighted by Crippen LogP contribution is 2.35. The van der Waals surface area contributed by atoms with Gasteiger partial charge in [-0.3, -0.25) is 5.10 Å². The first-order valence-electron chi connectivity index (χ1n) is 5.41. The van der Waals surface area contributed by atoms with Crippen molar-refractivity contribution in [3.63, 3.8) is 0 Å². The normalized spacial score (nSPS) is 17.9. The Kier molecular flexibility index (Phi) is 3.17. The van der Waals surface area contributed by atoms with E-state index in [2.05, 4.69) is 20.3 Å². The predicted octanol–water partition coefficient (Wildman–Crippen LogP) is 1.61. The van der Waals surface area contributed by atoms with Crippen LogP contribution in [0.4, 0.5) is 0 Å². The molecule has 2 aromatic heterocycles. The van der Waals surface area contributed by atoms with Crippen molar-refractivity contribution in [2.24, 2.45) is 5.73 Å². The van der Waals surface area contributed by atoms with Crippen LogP contribution < -0.4 is 5.73 Å². The van der Waals surface area contributed by atoms with Crippen LogP contribution >= 0.6 is 12.4 Å². The van der Waals surface area contributed by atoms with Crippen molar-refractivity contribution in [3.8, 4) is 11.6 Å². The molecule has 3 rings (SSSR count). The second kappa shape index (κ2) is 4.46. The lowest BCUT2D eigenvalue weighted by atomic mass is 9.99. The maximum atomic E-state index is 6.24. The Balaban J connectivity index is 0.00000108. The number of hydrogen-bond acceptors (Lipinski definition) is 5. The van der Waals surface area contributed by atoms with Crippen LogP contribution in [0.1, 0.15) is 31.5 Å². The fourth-order valence-corrected chi connectivity index (χ4v) is 2.14. The van der Waals surface area contributed by atoms with E-state index >= 15 is 0 Å². The van der Waals surface area contributed by atoms with Crippen LogP contribution in [0.2, 0.25) is 0 Å². The number of aromatic amines is 1. The minimum Gasteiger partial charge on any atom is -0.332 e. The lowest BCUT2D eigenvalue weighted by Crippen LogP contribution is -2.34. The zero-order valence-corrected chi connectivity index (χ0v) is 10.0. The molecule has 1 saturated carbocycles. The predicted molar refractivity (Wildman–Crippen MR) is 63.5 cm³/mol. The summed E-state index contributed by atoms with van der Waals surface area (Å²) in [5, 5.41) is 10.6. The van der Waals surface area contributed by atoms with Gasteiger partial charge in [0.1, 0.15) is 5.69 Å².